The summed E-state index contributed by atoms with van der Waals surface area (Å²) in [5.41, 5.74) is 0.893. The van der Waals surface area contributed by atoms with Gasteiger partial charge in [0, 0.05) is 17.6 Å². The van der Waals surface area contributed by atoms with Gasteiger partial charge in [0.2, 0.25) is 0 Å². The number of allylic oxidation sites excluding steroid dienone is 2. The zero-order chi connectivity index (χ0) is 27.7. The largest absolute Gasteiger partial charge is 0.462 e. The van der Waals surface area contributed by atoms with Crippen molar-refractivity contribution in [1.29, 1.82) is 0 Å². The van der Waals surface area contributed by atoms with Crippen molar-refractivity contribution < 1.29 is 28.6 Å². The van der Waals surface area contributed by atoms with Crippen LogP contribution in [0, 0.1) is 0 Å². The molecule has 0 spiro atoms. The van der Waals surface area contributed by atoms with Crippen LogP contribution in [0.2, 0.25) is 0 Å². The van der Waals surface area contributed by atoms with Crippen molar-refractivity contribution >= 4 is 17.9 Å². The van der Waals surface area contributed by atoms with E-state index in [0.717, 1.165) is 19.3 Å². The van der Waals surface area contributed by atoms with Gasteiger partial charge in [-0.05, 0) is 34.1 Å². The van der Waals surface area contributed by atoms with Gasteiger partial charge in [-0.1, -0.05) is 109 Å². The lowest BCUT2D eigenvalue weighted by atomic mass is 10.0. The molecule has 0 heterocycles. The molecule has 0 rings (SSSR count). The highest BCUT2D eigenvalue weighted by molar-refractivity contribution is 5.88. The maximum atomic E-state index is 12.2. The Balaban J connectivity index is 3.97. The second-order valence-electron chi connectivity index (χ2n) is 9.95. The van der Waals surface area contributed by atoms with E-state index in [4.69, 9.17) is 14.2 Å². The molecule has 1 atom stereocenters. The molecule has 0 saturated carbocycles. The summed E-state index contributed by atoms with van der Waals surface area (Å²) in [4.78, 5) is 36.2. The lowest BCUT2D eigenvalue weighted by Gasteiger charge is -2.18. The third kappa shape index (κ3) is 20.6. The Bertz CT molecular complexity index is 679. The standard InChI is InChI=1S/C31H54O6/c1-6-9-10-11-12-13-14-15-16-17-18-19-20-21-22-23-29(32)35-24-28(37-31(34)27(5)8-3)25-36-30(33)26(4)7-2/h7-8,28H,6,9-25H2,1-5H3/b26-7+,27-8+/t28-/m1/s1. The Morgan fingerprint density at radius 2 is 1.00 bits per heavy atom. The fourth-order valence-electron chi connectivity index (χ4n) is 3.78. The van der Waals surface area contributed by atoms with Crippen LogP contribution in [0.4, 0.5) is 0 Å². The summed E-state index contributed by atoms with van der Waals surface area (Å²) in [5, 5.41) is 0. The van der Waals surface area contributed by atoms with E-state index >= 15 is 0 Å². The molecule has 0 saturated heterocycles. The van der Waals surface area contributed by atoms with Crippen molar-refractivity contribution in [2.24, 2.45) is 0 Å². The number of unbranched alkanes of at least 4 members (excludes halogenated alkanes) is 14. The van der Waals surface area contributed by atoms with Crippen molar-refractivity contribution in [3.05, 3.63) is 23.3 Å². The molecule has 0 N–H and O–H groups in total. The van der Waals surface area contributed by atoms with Crippen LogP contribution in [-0.4, -0.2) is 37.2 Å². The van der Waals surface area contributed by atoms with Gasteiger partial charge >= 0.3 is 17.9 Å². The van der Waals surface area contributed by atoms with Crippen molar-refractivity contribution in [3.8, 4) is 0 Å². The molecule has 0 bridgehead atoms. The first-order chi connectivity index (χ1) is 17.8. The Morgan fingerprint density at radius 1 is 0.595 bits per heavy atom. The number of hydrogen-bond donors (Lipinski definition) is 0. The fourth-order valence-corrected chi connectivity index (χ4v) is 3.78. The van der Waals surface area contributed by atoms with Gasteiger partial charge < -0.3 is 14.2 Å². The molecule has 0 amide bonds. The summed E-state index contributed by atoms with van der Waals surface area (Å²) in [6, 6.07) is 0. The van der Waals surface area contributed by atoms with Crippen molar-refractivity contribution in [2.75, 3.05) is 13.2 Å². The predicted molar refractivity (Wildman–Crippen MR) is 150 cm³/mol. The van der Waals surface area contributed by atoms with Crippen LogP contribution in [0.3, 0.4) is 0 Å². The second kappa shape index (κ2) is 24.2. The van der Waals surface area contributed by atoms with Gasteiger partial charge in [-0.25, -0.2) is 9.59 Å². The molecular formula is C31H54O6. The van der Waals surface area contributed by atoms with Gasteiger partial charge in [0.15, 0.2) is 6.10 Å². The number of rotatable bonds is 23. The van der Waals surface area contributed by atoms with E-state index in [1.54, 1.807) is 39.8 Å². The molecule has 0 aromatic rings. The molecule has 0 aromatic heterocycles. The Labute approximate surface area is 226 Å². The summed E-state index contributed by atoms with van der Waals surface area (Å²) in [7, 11) is 0. The normalized spacial score (nSPS) is 12.8. The third-order valence-corrected chi connectivity index (χ3v) is 6.60. The summed E-state index contributed by atoms with van der Waals surface area (Å²) in [6.45, 7) is 8.71. The van der Waals surface area contributed by atoms with Crippen LogP contribution in [0.25, 0.3) is 0 Å². The fraction of sp³-hybridized carbons (Fsp3) is 0.774. The van der Waals surface area contributed by atoms with Crippen LogP contribution in [-0.2, 0) is 28.6 Å². The summed E-state index contributed by atoms with van der Waals surface area (Å²) < 4.78 is 15.9. The lowest BCUT2D eigenvalue weighted by Crippen LogP contribution is -2.31. The van der Waals surface area contributed by atoms with Gasteiger partial charge in [0.1, 0.15) is 13.2 Å². The molecule has 0 aliphatic heterocycles. The van der Waals surface area contributed by atoms with Gasteiger partial charge in [0.25, 0.3) is 0 Å². The highest BCUT2D eigenvalue weighted by Gasteiger charge is 2.20. The number of carbonyl (C=O) groups excluding carboxylic acids is 3. The molecule has 214 valence electrons. The number of hydrogen-bond acceptors (Lipinski definition) is 6. The third-order valence-electron chi connectivity index (χ3n) is 6.60. The van der Waals surface area contributed by atoms with Crippen LogP contribution >= 0.6 is 0 Å². The van der Waals surface area contributed by atoms with Crippen LogP contribution in [0.15, 0.2) is 23.3 Å². The minimum atomic E-state index is -0.846. The van der Waals surface area contributed by atoms with E-state index in [0.29, 0.717) is 17.6 Å². The van der Waals surface area contributed by atoms with Gasteiger partial charge in [-0.15, -0.1) is 0 Å². The Kier molecular flexibility index (Phi) is 22.9. The van der Waals surface area contributed by atoms with Crippen LogP contribution < -0.4 is 0 Å². The number of esters is 3. The summed E-state index contributed by atoms with van der Waals surface area (Å²) in [5.74, 6) is -1.34. The number of carbonyl (C=O) groups is 3. The smallest absolute Gasteiger partial charge is 0.333 e. The first kappa shape index (κ1) is 34.9. The Morgan fingerprint density at radius 3 is 1.46 bits per heavy atom. The topological polar surface area (TPSA) is 78.9 Å². The molecule has 6 nitrogen and oxygen atoms in total. The Hall–Kier alpha value is -2.11. The van der Waals surface area contributed by atoms with Crippen LogP contribution in [0.1, 0.15) is 137 Å². The van der Waals surface area contributed by atoms with E-state index in [9.17, 15) is 14.4 Å². The van der Waals surface area contributed by atoms with Gasteiger partial charge in [-0.3, -0.25) is 4.79 Å². The molecule has 6 heteroatoms. The van der Waals surface area contributed by atoms with E-state index in [1.807, 2.05) is 0 Å². The lowest BCUT2D eigenvalue weighted by molar-refractivity contribution is -0.163. The van der Waals surface area contributed by atoms with Gasteiger partial charge in [0.05, 0.1) is 0 Å². The average molecular weight is 523 g/mol. The molecule has 0 aliphatic carbocycles. The van der Waals surface area contributed by atoms with E-state index in [-0.39, 0.29) is 19.2 Å². The molecule has 0 aliphatic rings. The van der Waals surface area contributed by atoms with Crippen molar-refractivity contribution in [2.45, 2.75) is 143 Å². The molecule has 37 heavy (non-hydrogen) atoms. The SMILES string of the molecule is C/C=C(\C)C(=O)OC[C@@H](COC(=O)CCCCCCCCCCCCCCCCC)OC(=O)/C(C)=C/C. The summed E-state index contributed by atoms with van der Waals surface area (Å²) in [6.07, 6.45) is 21.8. The highest BCUT2D eigenvalue weighted by Crippen LogP contribution is 2.14. The maximum Gasteiger partial charge on any atom is 0.333 e. The second-order valence-corrected chi connectivity index (χ2v) is 9.95. The first-order valence-electron chi connectivity index (χ1n) is 14.6. The van der Waals surface area contributed by atoms with E-state index in [1.165, 1.54) is 77.0 Å². The van der Waals surface area contributed by atoms with E-state index < -0.39 is 18.0 Å². The monoisotopic (exact) mass is 522 g/mol. The van der Waals surface area contributed by atoms with Crippen molar-refractivity contribution in [3.63, 3.8) is 0 Å². The minimum Gasteiger partial charge on any atom is -0.462 e. The van der Waals surface area contributed by atoms with Crippen LogP contribution in [0.5, 0.6) is 0 Å². The number of ether oxygens (including phenoxy) is 3. The zero-order valence-corrected chi connectivity index (χ0v) is 24.4. The molecule has 0 unspecified atom stereocenters. The first-order valence-corrected chi connectivity index (χ1v) is 14.6. The van der Waals surface area contributed by atoms with E-state index in [2.05, 4.69) is 6.92 Å². The average Bonchev–Trinajstić information content (AvgIpc) is 2.90. The molecule has 0 fully saturated rings. The molecule has 0 aromatic carbocycles. The minimum absolute atomic E-state index is 0.136. The maximum absolute atomic E-state index is 12.2. The molecular weight excluding hydrogens is 468 g/mol. The van der Waals surface area contributed by atoms with Gasteiger partial charge in [-0.2, -0.15) is 0 Å². The predicted octanol–water partition coefficient (Wildman–Crippen LogP) is 8.18. The summed E-state index contributed by atoms with van der Waals surface area (Å²) >= 11 is 0. The molecule has 0 radical (unpaired) electrons. The zero-order valence-electron chi connectivity index (χ0n) is 24.4. The van der Waals surface area contributed by atoms with Crippen molar-refractivity contribution in [1.82, 2.24) is 0 Å². The quantitative estimate of drug-likeness (QED) is 0.0582. The highest BCUT2D eigenvalue weighted by atomic mass is 16.6.